The molecule has 1 aromatic carbocycles. The Bertz CT molecular complexity index is 659. The molecule has 0 saturated carbocycles. The van der Waals surface area contributed by atoms with Gasteiger partial charge in [0.2, 0.25) is 0 Å². The monoisotopic (exact) mass is 330 g/mol. The number of aromatic nitrogens is 2. The minimum atomic E-state index is -0.254. The highest BCUT2D eigenvalue weighted by molar-refractivity contribution is 5.49. The number of aliphatic hydroxyl groups excluding tert-OH is 1. The van der Waals surface area contributed by atoms with Gasteiger partial charge in [-0.3, -0.25) is 9.97 Å². The number of hydrogen-bond acceptors (Lipinski definition) is 5. The Balaban J connectivity index is 1.60. The van der Waals surface area contributed by atoms with Gasteiger partial charge in [-0.2, -0.15) is 0 Å². The molecule has 0 radical (unpaired) electrons. The van der Waals surface area contributed by atoms with E-state index in [0.717, 1.165) is 11.3 Å². The van der Waals surface area contributed by atoms with Gasteiger partial charge in [-0.15, -0.1) is 0 Å². The van der Waals surface area contributed by atoms with Crippen molar-refractivity contribution < 1.29 is 9.50 Å². The second-order valence-corrected chi connectivity index (χ2v) is 6.24. The van der Waals surface area contributed by atoms with E-state index in [9.17, 15) is 9.50 Å². The van der Waals surface area contributed by atoms with Crippen molar-refractivity contribution in [2.24, 2.45) is 0 Å². The number of piperidine rings is 1. The van der Waals surface area contributed by atoms with Crippen molar-refractivity contribution in [1.29, 1.82) is 0 Å². The molecule has 5 nitrogen and oxygen atoms in total. The van der Waals surface area contributed by atoms with Crippen molar-refractivity contribution in [2.45, 2.75) is 38.5 Å². The van der Waals surface area contributed by atoms with Gasteiger partial charge in [-0.1, -0.05) is 6.07 Å². The van der Waals surface area contributed by atoms with Gasteiger partial charge in [0.25, 0.3) is 0 Å². The first kappa shape index (κ1) is 16.8. The molecule has 2 heterocycles. The fourth-order valence-electron chi connectivity index (χ4n) is 2.93. The number of nitrogens with one attached hydrogen (secondary N) is 1. The average molecular weight is 330 g/mol. The van der Waals surface area contributed by atoms with Crippen LogP contribution in [0, 0.1) is 5.82 Å². The van der Waals surface area contributed by atoms with Crippen molar-refractivity contribution in [3.8, 4) is 0 Å². The van der Waals surface area contributed by atoms with Crippen molar-refractivity contribution in [3.05, 3.63) is 53.9 Å². The maximum atomic E-state index is 14.4. The summed E-state index contributed by atoms with van der Waals surface area (Å²) in [5, 5.41) is 12.9. The van der Waals surface area contributed by atoms with Crippen molar-refractivity contribution in [2.75, 3.05) is 18.0 Å². The Hall–Kier alpha value is -2.05. The fourth-order valence-corrected chi connectivity index (χ4v) is 2.93. The Morgan fingerprint density at radius 2 is 2.12 bits per heavy atom. The first-order chi connectivity index (χ1) is 11.6. The SMILES string of the molecule is CC(NCc1ccc(N2CCC(O)CC2)c(F)c1)c1cnccn1. The number of anilines is 1. The highest BCUT2D eigenvalue weighted by atomic mass is 19.1. The molecule has 2 aromatic rings. The van der Waals surface area contributed by atoms with E-state index in [0.29, 0.717) is 38.2 Å². The maximum Gasteiger partial charge on any atom is 0.146 e. The van der Waals surface area contributed by atoms with E-state index in [1.165, 1.54) is 0 Å². The molecule has 0 aliphatic carbocycles. The van der Waals surface area contributed by atoms with Crippen LogP contribution in [0.15, 0.2) is 36.8 Å². The first-order valence-corrected chi connectivity index (χ1v) is 8.34. The largest absolute Gasteiger partial charge is 0.393 e. The molecule has 0 amide bonds. The van der Waals surface area contributed by atoms with Crippen molar-refractivity contribution >= 4 is 5.69 Å². The molecule has 1 fully saturated rings. The van der Waals surface area contributed by atoms with E-state index >= 15 is 0 Å². The van der Waals surface area contributed by atoms with E-state index in [2.05, 4.69) is 15.3 Å². The summed E-state index contributed by atoms with van der Waals surface area (Å²) in [5.74, 6) is -0.210. The lowest BCUT2D eigenvalue weighted by Crippen LogP contribution is -2.36. The Morgan fingerprint density at radius 3 is 2.79 bits per heavy atom. The molecular formula is C18H23FN4O. The zero-order valence-corrected chi connectivity index (χ0v) is 13.8. The number of hydrogen-bond donors (Lipinski definition) is 2. The Kier molecular flexibility index (Phi) is 5.37. The summed E-state index contributed by atoms with van der Waals surface area (Å²) in [6, 6.07) is 5.40. The van der Waals surface area contributed by atoms with Crippen LogP contribution in [0.4, 0.5) is 10.1 Å². The smallest absolute Gasteiger partial charge is 0.146 e. The van der Waals surface area contributed by atoms with Crippen LogP contribution in [0.1, 0.15) is 37.1 Å². The third-order valence-electron chi connectivity index (χ3n) is 4.46. The predicted molar refractivity (Wildman–Crippen MR) is 91.1 cm³/mol. The Labute approximate surface area is 141 Å². The van der Waals surface area contributed by atoms with Gasteiger partial charge in [0.05, 0.1) is 17.5 Å². The molecule has 1 aromatic heterocycles. The fraction of sp³-hybridized carbons (Fsp3) is 0.444. The average Bonchev–Trinajstić information content (AvgIpc) is 2.61. The van der Waals surface area contributed by atoms with Crippen LogP contribution in [-0.4, -0.2) is 34.3 Å². The van der Waals surface area contributed by atoms with Crippen LogP contribution >= 0.6 is 0 Å². The van der Waals surface area contributed by atoms with Gasteiger partial charge in [0.1, 0.15) is 5.82 Å². The zero-order chi connectivity index (χ0) is 16.9. The summed E-state index contributed by atoms with van der Waals surface area (Å²) in [5.41, 5.74) is 2.37. The number of halogens is 1. The van der Waals surface area contributed by atoms with Crippen LogP contribution in [0.25, 0.3) is 0 Å². The molecule has 2 N–H and O–H groups in total. The minimum absolute atomic E-state index is 0.0463. The van der Waals surface area contributed by atoms with Crippen LogP contribution in [-0.2, 0) is 6.54 Å². The zero-order valence-electron chi connectivity index (χ0n) is 13.8. The van der Waals surface area contributed by atoms with Crippen molar-refractivity contribution in [3.63, 3.8) is 0 Å². The van der Waals surface area contributed by atoms with Crippen LogP contribution in [0.3, 0.4) is 0 Å². The normalized spacial score (nSPS) is 17.0. The first-order valence-electron chi connectivity index (χ1n) is 8.34. The van der Waals surface area contributed by atoms with Gasteiger partial charge in [0.15, 0.2) is 0 Å². The van der Waals surface area contributed by atoms with E-state index in [1.54, 1.807) is 24.7 Å². The summed E-state index contributed by atoms with van der Waals surface area (Å²) in [7, 11) is 0. The third kappa shape index (κ3) is 4.07. The van der Waals surface area contributed by atoms with Gasteiger partial charge < -0.3 is 15.3 Å². The molecule has 1 aliphatic rings. The van der Waals surface area contributed by atoms with E-state index in [1.807, 2.05) is 24.0 Å². The second-order valence-electron chi connectivity index (χ2n) is 6.24. The van der Waals surface area contributed by atoms with E-state index in [4.69, 9.17) is 0 Å². The molecule has 128 valence electrons. The summed E-state index contributed by atoms with van der Waals surface area (Å²) in [6.07, 6.45) is 6.17. The van der Waals surface area contributed by atoms with Gasteiger partial charge in [-0.25, -0.2) is 4.39 Å². The number of aliphatic hydroxyl groups is 1. The van der Waals surface area contributed by atoms with Gasteiger partial charge >= 0.3 is 0 Å². The van der Waals surface area contributed by atoms with Crippen LogP contribution in [0.5, 0.6) is 0 Å². The maximum absolute atomic E-state index is 14.4. The number of benzene rings is 1. The molecule has 1 aliphatic heterocycles. The molecule has 0 bridgehead atoms. The Morgan fingerprint density at radius 1 is 1.33 bits per heavy atom. The predicted octanol–water partition coefficient (Wildman–Crippen LogP) is 2.43. The summed E-state index contributed by atoms with van der Waals surface area (Å²) in [4.78, 5) is 10.3. The standard InChI is InChI=1S/C18H23FN4O/c1-13(17-12-20-6-7-21-17)22-11-14-2-3-18(16(19)10-14)23-8-4-15(24)5-9-23/h2-3,6-7,10,12-13,15,22,24H,4-5,8-9,11H2,1H3. The van der Waals surface area contributed by atoms with Crippen molar-refractivity contribution in [1.82, 2.24) is 15.3 Å². The van der Waals surface area contributed by atoms with Crippen LogP contribution < -0.4 is 10.2 Å². The molecule has 3 rings (SSSR count). The summed E-state index contributed by atoms with van der Waals surface area (Å²) in [6.45, 7) is 3.96. The van der Waals surface area contributed by atoms with Gasteiger partial charge in [0, 0.05) is 44.3 Å². The van der Waals surface area contributed by atoms with Crippen LogP contribution in [0.2, 0.25) is 0 Å². The van der Waals surface area contributed by atoms with E-state index < -0.39 is 0 Å². The van der Waals surface area contributed by atoms with E-state index in [-0.39, 0.29) is 18.0 Å². The minimum Gasteiger partial charge on any atom is -0.393 e. The highest BCUT2D eigenvalue weighted by Crippen LogP contribution is 2.24. The number of rotatable bonds is 5. The molecule has 1 unspecified atom stereocenters. The molecule has 0 spiro atoms. The lowest BCUT2D eigenvalue weighted by Gasteiger charge is -2.31. The molecule has 24 heavy (non-hydrogen) atoms. The topological polar surface area (TPSA) is 61.3 Å². The molecule has 1 saturated heterocycles. The summed E-state index contributed by atoms with van der Waals surface area (Å²) < 4.78 is 14.4. The second kappa shape index (κ2) is 7.68. The molecular weight excluding hydrogens is 307 g/mol. The highest BCUT2D eigenvalue weighted by Gasteiger charge is 2.19. The quantitative estimate of drug-likeness (QED) is 0.882. The molecule has 6 heteroatoms. The van der Waals surface area contributed by atoms with Gasteiger partial charge in [-0.05, 0) is 37.5 Å². The summed E-state index contributed by atoms with van der Waals surface area (Å²) >= 11 is 0. The molecule has 1 atom stereocenters. The number of nitrogens with zero attached hydrogens (tertiary/aromatic N) is 3. The lowest BCUT2D eigenvalue weighted by molar-refractivity contribution is 0.145. The third-order valence-corrected chi connectivity index (χ3v) is 4.46. The lowest BCUT2D eigenvalue weighted by atomic mass is 10.1.